The predicted octanol–water partition coefficient (Wildman–Crippen LogP) is 2.34. The molecule has 1 aromatic carbocycles. The lowest BCUT2D eigenvalue weighted by Gasteiger charge is -2.09. The monoisotopic (exact) mass is 268 g/mol. The highest BCUT2D eigenvalue weighted by molar-refractivity contribution is 5.99. The summed E-state index contributed by atoms with van der Waals surface area (Å²) in [4.78, 5) is 11.8. The summed E-state index contributed by atoms with van der Waals surface area (Å²) in [7, 11) is 0. The number of nitrogen functional groups attached to an aromatic ring is 1. The largest absolute Gasteiger partial charge is 0.398 e. The average molecular weight is 268 g/mol. The zero-order valence-corrected chi connectivity index (χ0v) is 11.4. The molecule has 1 amide bonds. The Morgan fingerprint density at radius 2 is 2.16 bits per heavy atom. The van der Waals surface area contributed by atoms with E-state index >= 15 is 0 Å². The number of amides is 1. The molecule has 0 heterocycles. The van der Waals surface area contributed by atoms with Crippen LogP contribution in [0.15, 0.2) is 18.2 Å². The van der Waals surface area contributed by atoms with Crippen molar-refractivity contribution in [1.29, 1.82) is 0 Å². The molecular formula is C14H21FN2O2. The molecule has 1 rings (SSSR count). The van der Waals surface area contributed by atoms with Gasteiger partial charge in [-0.15, -0.1) is 0 Å². The van der Waals surface area contributed by atoms with Gasteiger partial charge in [0.2, 0.25) is 0 Å². The second kappa shape index (κ2) is 7.74. The van der Waals surface area contributed by atoms with Crippen LogP contribution in [0.2, 0.25) is 0 Å². The van der Waals surface area contributed by atoms with E-state index < -0.39 is 5.82 Å². The van der Waals surface area contributed by atoms with Crippen molar-refractivity contribution in [3.05, 3.63) is 29.6 Å². The van der Waals surface area contributed by atoms with Crippen LogP contribution in [0.5, 0.6) is 0 Å². The number of halogens is 1. The van der Waals surface area contributed by atoms with Crippen LogP contribution >= 0.6 is 0 Å². The highest BCUT2D eigenvalue weighted by Gasteiger charge is 2.09. The Hall–Kier alpha value is -1.62. The van der Waals surface area contributed by atoms with Gasteiger partial charge in [-0.05, 0) is 44.9 Å². The Balaban J connectivity index is 2.28. The Labute approximate surface area is 113 Å². The molecule has 106 valence electrons. The summed E-state index contributed by atoms with van der Waals surface area (Å²) in [5.41, 5.74) is 6.05. The predicted molar refractivity (Wildman–Crippen MR) is 73.5 cm³/mol. The van der Waals surface area contributed by atoms with Gasteiger partial charge in [0.05, 0.1) is 11.7 Å². The van der Waals surface area contributed by atoms with Crippen LogP contribution in [0.3, 0.4) is 0 Å². The molecule has 0 unspecified atom stereocenters. The standard InChI is InChI=1S/C14H21FN2O2/c1-10(2)19-8-4-3-7-17-14(18)12-6-5-11(15)9-13(12)16/h5-6,9-10H,3-4,7-8,16H2,1-2H3,(H,17,18). The summed E-state index contributed by atoms with van der Waals surface area (Å²) in [6.45, 7) is 5.21. The number of benzene rings is 1. The maximum atomic E-state index is 12.8. The van der Waals surface area contributed by atoms with Crippen molar-refractivity contribution in [2.45, 2.75) is 32.8 Å². The summed E-state index contributed by atoms with van der Waals surface area (Å²) in [6, 6.07) is 3.76. The minimum Gasteiger partial charge on any atom is -0.398 e. The normalized spacial score (nSPS) is 10.7. The van der Waals surface area contributed by atoms with E-state index in [9.17, 15) is 9.18 Å². The quantitative estimate of drug-likeness (QED) is 0.589. The summed E-state index contributed by atoms with van der Waals surface area (Å²) in [5, 5.41) is 2.75. The van der Waals surface area contributed by atoms with E-state index in [0.717, 1.165) is 18.9 Å². The zero-order valence-electron chi connectivity index (χ0n) is 11.4. The maximum Gasteiger partial charge on any atom is 0.253 e. The van der Waals surface area contributed by atoms with Gasteiger partial charge in [-0.25, -0.2) is 4.39 Å². The van der Waals surface area contributed by atoms with E-state index in [1.807, 2.05) is 13.8 Å². The van der Waals surface area contributed by atoms with E-state index in [1.54, 1.807) is 0 Å². The molecule has 0 aliphatic heterocycles. The lowest BCUT2D eigenvalue weighted by molar-refractivity contribution is 0.0754. The van der Waals surface area contributed by atoms with E-state index in [1.165, 1.54) is 12.1 Å². The summed E-state index contributed by atoms with van der Waals surface area (Å²) >= 11 is 0. The number of hydrogen-bond donors (Lipinski definition) is 2. The molecule has 4 nitrogen and oxygen atoms in total. The highest BCUT2D eigenvalue weighted by Crippen LogP contribution is 2.13. The van der Waals surface area contributed by atoms with Crippen LogP contribution in [0.4, 0.5) is 10.1 Å². The molecule has 0 saturated heterocycles. The molecule has 1 aromatic rings. The van der Waals surface area contributed by atoms with Crippen LogP contribution in [0.1, 0.15) is 37.0 Å². The van der Waals surface area contributed by atoms with Crippen molar-refractivity contribution >= 4 is 11.6 Å². The molecule has 0 fully saturated rings. The van der Waals surface area contributed by atoms with Gasteiger partial charge in [-0.3, -0.25) is 4.79 Å². The van der Waals surface area contributed by atoms with E-state index in [0.29, 0.717) is 18.7 Å². The van der Waals surface area contributed by atoms with Gasteiger partial charge in [0.25, 0.3) is 5.91 Å². The number of hydrogen-bond acceptors (Lipinski definition) is 3. The Morgan fingerprint density at radius 1 is 1.42 bits per heavy atom. The fraction of sp³-hybridized carbons (Fsp3) is 0.500. The van der Waals surface area contributed by atoms with Crippen LogP contribution in [0.25, 0.3) is 0 Å². The van der Waals surface area contributed by atoms with Crippen molar-refractivity contribution in [1.82, 2.24) is 5.32 Å². The number of carbonyl (C=O) groups excluding carboxylic acids is 1. The van der Waals surface area contributed by atoms with Gasteiger partial charge in [-0.2, -0.15) is 0 Å². The molecule has 0 bridgehead atoms. The van der Waals surface area contributed by atoms with Crippen molar-refractivity contribution in [3.8, 4) is 0 Å². The third-order valence-electron chi connectivity index (χ3n) is 2.57. The SMILES string of the molecule is CC(C)OCCCCNC(=O)c1ccc(F)cc1N. The summed E-state index contributed by atoms with van der Waals surface area (Å²) < 4.78 is 18.2. The van der Waals surface area contributed by atoms with Crippen molar-refractivity contribution < 1.29 is 13.9 Å². The lowest BCUT2D eigenvalue weighted by Crippen LogP contribution is -2.25. The van der Waals surface area contributed by atoms with Crippen LogP contribution in [0, 0.1) is 5.82 Å². The minimum absolute atomic E-state index is 0.153. The minimum atomic E-state index is -0.445. The van der Waals surface area contributed by atoms with Crippen molar-refractivity contribution in [3.63, 3.8) is 0 Å². The van der Waals surface area contributed by atoms with Crippen LogP contribution in [-0.4, -0.2) is 25.2 Å². The van der Waals surface area contributed by atoms with Crippen molar-refractivity contribution in [2.75, 3.05) is 18.9 Å². The Kier molecular flexibility index (Phi) is 6.29. The van der Waals surface area contributed by atoms with Gasteiger partial charge in [-0.1, -0.05) is 0 Å². The first-order valence-corrected chi connectivity index (χ1v) is 6.45. The topological polar surface area (TPSA) is 64.3 Å². The molecular weight excluding hydrogens is 247 g/mol. The molecule has 0 aromatic heterocycles. The fourth-order valence-electron chi connectivity index (χ4n) is 1.58. The third kappa shape index (κ3) is 5.70. The first-order valence-electron chi connectivity index (χ1n) is 6.45. The van der Waals surface area contributed by atoms with Crippen molar-refractivity contribution in [2.24, 2.45) is 0 Å². The van der Waals surface area contributed by atoms with E-state index in [2.05, 4.69) is 5.32 Å². The number of unbranched alkanes of at least 4 members (excludes halogenated alkanes) is 1. The molecule has 0 aliphatic rings. The van der Waals surface area contributed by atoms with Crippen LogP contribution < -0.4 is 11.1 Å². The molecule has 0 radical (unpaired) electrons. The molecule has 0 atom stereocenters. The fourth-order valence-corrected chi connectivity index (χ4v) is 1.58. The third-order valence-corrected chi connectivity index (χ3v) is 2.57. The van der Waals surface area contributed by atoms with Gasteiger partial charge < -0.3 is 15.8 Å². The highest BCUT2D eigenvalue weighted by atomic mass is 19.1. The first-order chi connectivity index (χ1) is 9.00. The zero-order chi connectivity index (χ0) is 14.3. The number of anilines is 1. The van der Waals surface area contributed by atoms with Gasteiger partial charge in [0.1, 0.15) is 5.82 Å². The average Bonchev–Trinajstić information content (AvgIpc) is 2.32. The first kappa shape index (κ1) is 15.4. The molecule has 19 heavy (non-hydrogen) atoms. The smallest absolute Gasteiger partial charge is 0.253 e. The second-order valence-corrected chi connectivity index (χ2v) is 4.61. The maximum absolute atomic E-state index is 12.8. The second-order valence-electron chi connectivity index (χ2n) is 4.61. The number of nitrogens with two attached hydrogens (primary N) is 1. The Bertz CT molecular complexity index is 422. The molecule has 5 heteroatoms. The summed E-state index contributed by atoms with van der Waals surface area (Å²) in [5.74, 6) is -0.720. The summed E-state index contributed by atoms with van der Waals surface area (Å²) in [6.07, 6.45) is 1.95. The number of carbonyl (C=O) groups is 1. The molecule has 0 saturated carbocycles. The molecule has 0 spiro atoms. The van der Waals surface area contributed by atoms with Gasteiger partial charge >= 0.3 is 0 Å². The molecule has 0 aliphatic carbocycles. The number of ether oxygens (including phenoxy) is 1. The Morgan fingerprint density at radius 3 is 2.79 bits per heavy atom. The van der Waals surface area contributed by atoms with Gasteiger partial charge in [0, 0.05) is 18.8 Å². The van der Waals surface area contributed by atoms with Gasteiger partial charge in [0.15, 0.2) is 0 Å². The van der Waals surface area contributed by atoms with Crippen LogP contribution in [-0.2, 0) is 4.74 Å². The number of nitrogens with one attached hydrogen (secondary N) is 1. The molecule has 3 N–H and O–H groups in total. The van der Waals surface area contributed by atoms with E-state index in [4.69, 9.17) is 10.5 Å². The van der Waals surface area contributed by atoms with E-state index in [-0.39, 0.29) is 17.7 Å². The lowest BCUT2D eigenvalue weighted by atomic mass is 10.1. The number of rotatable bonds is 7.